The summed E-state index contributed by atoms with van der Waals surface area (Å²) < 4.78 is 0. The Kier molecular flexibility index (Phi) is 11.2. The molecule has 0 atom stereocenters. The van der Waals surface area contributed by atoms with Crippen molar-refractivity contribution in [2.24, 2.45) is 5.92 Å². The van der Waals surface area contributed by atoms with Crippen LogP contribution < -0.4 is 0 Å². The largest absolute Gasteiger partial charge is 0.177 e. The SMILES string of the molecule is C[C]1CCC(Cc2cc(C)c(Cc3cc(C)[c-]c(C)c3)c(C)c2)CC1.[Y].[Y]. The molecule has 0 spiro atoms. The first-order valence-corrected chi connectivity index (χ1v) is 9.80. The fourth-order valence-electron chi connectivity index (χ4n) is 4.47. The maximum atomic E-state index is 3.38. The molecule has 3 rings (SSSR count). The molecule has 0 amide bonds. The monoisotopic (exact) mass is 510 g/mol. The summed E-state index contributed by atoms with van der Waals surface area (Å²) in [5.41, 5.74) is 9.84. The summed E-state index contributed by atoms with van der Waals surface area (Å²) in [6, 6.07) is 12.8. The first-order valence-electron chi connectivity index (χ1n) is 9.80. The van der Waals surface area contributed by atoms with Crippen molar-refractivity contribution in [1.82, 2.24) is 0 Å². The van der Waals surface area contributed by atoms with Crippen LogP contribution in [0, 0.1) is 45.6 Å². The second-order valence-corrected chi connectivity index (χ2v) is 8.34. The molecule has 0 N–H and O–H groups in total. The first kappa shape index (κ1) is 25.7. The summed E-state index contributed by atoms with van der Waals surface area (Å²) in [5.74, 6) is 2.58. The maximum Gasteiger partial charge on any atom is 0 e. The van der Waals surface area contributed by atoms with Crippen LogP contribution in [0.3, 0.4) is 0 Å². The van der Waals surface area contributed by atoms with Crippen molar-refractivity contribution in [2.45, 2.75) is 73.1 Å². The smallest absolute Gasteiger partial charge is 0 e. The zero-order chi connectivity index (χ0) is 18.0. The molecule has 1 fully saturated rings. The minimum atomic E-state index is 0. The molecule has 0 nitrogen and oxygen atoms in total. The number of aryl methyl sites for hydroxylation is 4. The molecule has 1 aliphatic carbocycles. The molecular formula is C25H32Y2-. The van der Waals surface area contributed by atoms with E-state index >= 15 is 0 Å². The van der Waals surface area contributed by atoms with E-state index in [1.54, 1.807) is 5.92 Å². The van der Waals surface area contributed by atoms with Gasteiger partial charge in [0, 0.05) is 65.4 Å². The second kappa shape index (κ2) is 11.7. The van der Waals surface area contributed by atoms with E-state index in [1.807, 2.05) is 0 Å². The minimum Gasteiger partial charge on any atom is -0.177 e. The van der Waals surface area contributed by atoms with Gasteiger partial charge in [0.1, 0.15) is 0 Å². The predicted octanol–water partition coefficient (Wildman–Crippen LogP) is 6.63. The van der Waals surface area contributed by atoms with Crippen LogP contribution in [-0.4, -0.2) is 0 Å². The van der Waals surface area contributed by atoms with Crippen molar-refractivity contribution in [3.8, 4) is 0 Å². The van der Waals surface area contributed by atoms with Gasteiger partial charge in [0.25, 0.3) is 0 Å². The van der Waals surface area contributed by atoms with Crippen LogP contribution in [0.5, 0.6) is 0 Å². The Hall–Kier alpha value is 0.648. The quantitative estimate of drug-likeness (QED) is 0.405. The van der Waals surface area contributed by atoms with Gasteiger partial charge >= 0.3 is 0 Å². The Labute approximate surface area is 217 Å². The molecule has 2 aromatic rings. The molecule has 3 radical (unpaired) electrons. The van der Waals surface area contributed by atoms with Gasteiger partial charge in [-0.25, -0.2) is 0 Å². The van der Waals surface area contributed by atoms with Gasteiger partial charge < -0.3 is 0 Å². The van der Waals surface area contributed by atoms with Crippen molar-refractivity contribution >= 4 is 0 Å². The van der Waals surface area contributed by atoms with E-state index in [9.17, 15) is 0 Å². The summed E-state index contributed by atoms with van der Waals surface area (Å²) in [5, 5.41) is 0. The van der Waals surface area contributed by atoms with Gasteiger partial charge in [0.2, 0.25) is 0 Å². The maximum absolute atomic E-state index is 3.38. The van der Waals surface area contributed by atoms with Crippen LogP contribution in [0.2, 0.25) is 0 Å². The Morgan fingerprint density at radius 2 is 1.30 bits per heavy atom. The van der Waals surface area contributed by atoms with Gasteiger partial charge in [-0.1, -0.05) is 32.9 Å². The Morgan fingerprint density at radius 1 is 0.778 bits per heavy atom. The van der Waals surface area contributed by atoms with Gasteiger partial charge in [0.05, 0.1) is 0 Å². The van der Waals surface area contributed by atoms with Gasteiger partial charge in [0.15, 0.2) is 0 Å². The molecule has 0 aromatic heterocycles. The standard InChI is InChI=1S/C25H32.2Y/c1-17-6-8-22(9-7-17)15-24-13-20(4)25(21(5)14-24)16-23-11-18(2)10-19(3)12-23;;/h11-14,22H,6-9,15-16H2,1-5H3;;/q-1;;. The zero-order valence-corrected chi connectivity index (χ0v) is 23.5. The number of benzene rings is 2. The zero-order valence-electron chi connectivity index (χ0n) is 17.8. The number of hydrogen-bond acceptors (Lipinski definition) is 0. The molecule has 0 aliphatic heterocycles. The summed E-state index contributed by atoms with van der Waals surface area (Å²) in [6.07, 6.45) is 7.73. The molecule has 0 unspecified atom stereocenters. The van der Waals surface area contributed by atoms with Gasteiger partial charge in [-0.3, -0.25) is 0 Å². The second-order valence-electron chi connectivity index (χ2n) is 8.34. The normalized spacial score (nSPS) is 15.1. The number of rotatable bonds is 4. The predicted molar refractivity (Wildman–Crippen MR) is 108 cm³/mol. The van der Waals surface area contributed by atoms with Crippen molar-refractivity contribution in [3.63, 3.8) is 0 Å². The van der Waals surface area contributed by atoms with Crippen molar-refractivity contribution < 1.29 is 65.4 Å². The van der Waals surface area contributed by atoms with Gasteiger partial charge in [-0.05, 0) is 86.5 Å². The molecular weight excluding hydrogens is 478 g/mol. The van der Waals surface area contributed by atoms with Crippen LogP contribution in [0.4, 0.5) is 0 Å². The van der Waals surface area contributed by atoms with Crippen LogP contribution in [0.1, 0.15) is 71.6 Å². The van der Waals surface area contributed by atoms with E-state index in [0.29, 0.717) is 0 Å². The third-order valence-electron chi connectivity index (χ3n) is 5.82. The van der Waals surface area contributed by atoms with E-state index < -0.39 is 0 Å². The van der Waals surface area contributed by atoms with Crippen LogP contribution >= 0.6 is 0 Å². The van der Waals surface area contributed by atoms with Crippen molar-refractivity contribution in [2.75, 3.05) is 0 Å². The molecule has 2 aromatic carbocycles. The topological polar surface area (TPSA) is 0 Å². The van der Waals surface area contributed by atoms with Crippen molar-refractivity contribution in [3.05, 3.63) is 75.2 Å². The molecule has 0 heterocycles. The van der Waals surface area contributed by atoms with Gasteiger partial charge in [-0.15, -0.1) is 0 Å². The summed E-state index contributed by atoms with van der Waals surface area (Å²) >= 11 is 0. The fraction of sp³-hybridized carbons (Fsp3) is 0.480. The van der Waals surface area contributed by atoms with Crippen LogP contribution in [0.25, 0.3) is 0 Å². The molecule has 2 heteroatoms. The Morgan fingerprint density at radius 3 is 1.81 bits per heavy atom. The van der Waals surface area contributed by atoms with E-state index in [4.69, 9.17) is 0 Å². The Bertz CT molecular complexity index is 697. The average molecular weight is 510 g/mol. The van der Waals surface area contributed by atoms with Crippen molar-refractivity contribution in [1.29, 1.82) is 0 Å². The third kappa shape index (κ3) is 7.44. The molecule has 139 valence electrons. The molecule has 27 heavy (non-hydrogen) atoms. The van der Waals surface area contributed by atoms with Gasteiger partial charge in [-0.2, -0.15) is 34.9 Å². The third-order valence-corrected chi connectivity index (χ3v) is 5.82. The molecule has 0 bridgehead atoms. The summed E-state index contributed by atoms with van der Waals surface area (Å²) in [4.78, 5) is 0. The average Bonchev–Trinajstić information content (AvgIpc) is 2.52. The fourth-order valence-corrected chi connectivity index (χ4v) is 4.47. The molecule has 1 aliphatic rings. The van der Waals surface area contributed by atoms with E-state index in [0.717, 1.165) is 12.3 Å². The van der Waals surface area contributed by atoms with E-state index in [-0.39, 0.29) is 65.4 Å². The van der Waals surface area contributed by atoms with E-state index in [2.05, 4.69) is 65.0 Å². The van der Waals surface area contributed by atoms with E-state index in [1.165, 1.54) is 71.0 Å². The summed E-state index contributed by atoms with van der Waals surface area (Å²) in [6.45, 7) is 11.2. The number of hydrogen-bond donors (Lipinski definition) is 0. The first-order chi connectivity index (χ1) is 11.9. The molecule has 0 saturated heterocycles. The minimum absolute atomic E-state index is 0. The summed E-state index contributed by atoms with van der Waals surface area (Å²) in [7, 11) is 0. The van der Waals surface area contributed by atoms with Crippen LogP contribution in [-0.2, 0) is 78.3 Å². The van der Waals surface area contributed by atoms with Crippen LogP contribution in [0.15, 0.2) is 24.3 Å². The molecule has 1 saturated carbocycles. The Balaban J connectivity index is 0.00000182.